The van der Waals surface area contributed by atoms with E-state index in [9.17, 15) is 14.7 Å². The van der Waals surface area contributed by atoms with Crippen LogP contribution >= 0.6 is 0 Å². The number of amides is 1. The normalized spacial score (nSPS) is 12.6. The molecule has 178 valence electrons. The van der Waals surface area contributed by atoms with Gasteiger partial charge in [0.1, 0.15) is 6.04 Å². The van der Waals surface area contributed by atoms with Crippen molar-refractivity contribution < 1.29 is 14.7 Å². The second kappa shape index (κ2) is 9.00. The van der Waals surface area contributed by atoms with Crippen molar-refractivity contribution in [3.05, 3.63) is 96.2 Å². The SMILES string of the molecule is O=C(CCCc1ccc2ccc3cccc4ccc1c2c34)NC(Cc1c[nH]c2ccccc12)C(=O)O. The van der Waals surface area contributed by atoms with Gasteiger partial charge >= 0.3 is 5.97 Å². The second-order valence-corrected chi connectivity index (χ2v) is 9.46. The molecular formula is C31H26N2O3. The molecule has 3 N–H and O–H groups in total. The fourth-order valence-corrected chi connectivity index (χ4v) is 5.44. The standard InChI is InChI=1S/C31H26N2O3/c34-28(33-27(31(35)36)17-23-18-32-26-9-2-1-8-24(23)26)10-4-5-19-11-12-22-14-13-20-6-3-7-21-15-16-25(19)30(22)29(20)21/h1-3,6-9,11-16,18,27,32H,4-5,10,17H2,(H,33,34)(H,35,36). The van der Waals surface area contributed by atoms with Crippen LogP contribution in [0.2, 0.25) is 0 Å². The van der Waals surface area contributed by atoms with Gasteiger partial charge in [0.25, 0.3) is 0 Å². The summed E-state index contributed by atoms with van der Waals surface area (Å²) >= 11 is 0. The number of benzene rings is 5. The lowest BCUT2D eigenvalue weighted by Crippen LogP contribution is -2.42. The topological polar surface area (TPSA) is 82.2 Å². The number of aromatic nitrogens is 1. The maximum absolute atomic E-state index is 12.7. The number of aryl methyl sites for hydroxylation is 1. The van der Waals surface area contributed by atoms with Crippen LogP contribution in [0.5, 0.6) is 0 Å². The molecule has 5 heteroatoms. The Bertz CT molecular complexity index is 1720. The number of H-pyrrole nitrogens is 1. The highest BCUT2D eigenvalue weighted by Crippen LogP contribution is 2.36. The van der Waals surface area contributed by atoms with E-state index < -0.39 is 12.0 Å². The van der Waals surface area contributed by atoms with Crippen molar-refractivity contribution in [1.29, 1.82) is 0 Å². The van der Waals surface area contributed by atoms with Crippen LogP contribution in [-0.2, 0) is 22.4 Å². The van der Waals surface area contributed by atoms with Crippen molar-refractivity contribution >= 4 is 55.1 Å². The first-order valence-electron chi connectivity index (χ1n) is 12.3. The zero-order valence-electron chi connectivity index (χ0n) is 19.8. The van der Waals surface area contributed by atoms with Crippen molar-refractivity contribution in [2.75, 3.05) is 0 Å². The molecule has 1 heterocycles. The van der Waals surface area contributed by atoms with Crippen LogP contribution in [-0.4, -0.2) is 28.0 Å². The molecule has 0 saturated carbocycles. The first-order valence-corrected chi connectivity index (χ1v) is 12.3. The van der Waals surface area contributed by atoms with Gasteiger partial charge in [-0.1, -0.05) is 72.8 Å². The van der Waals surface area contributed by atoms with Gasteiger partial charge in [0.05, 0.1) is 0 Å². The van der Waals surface area contributed by atoms with Gasteiger partial charge in [-0.3, -0.25) is 4.79 Å². The van der Waals surface area contributed by atoms with Gasteiger partial charge < -0.3 is 15.4 Å². The Hall–Kier alpha value is -4.38. The summed E-state index contributed by atoms with van der Waals surface area (Å²) in [6.45, 7) is 0. The van der Waals surface area contributed by atoms with E-state index in [-0.39, 0.29) is 18.7 Å². The molecule has 6 rings (SSSR count). The van der Waals surface area contributed by atoms with Crippen LogP contribution in [0.25, 0.3) is 43.2 Å². The van der Waals surface area contributed by atoms with Crippen LogP contribution in [0.15, 0.2) is 85.1 Å². The average molecular weight is 475 g/mol. The Kier molecular flexibility index (Phi) is 5.53. The number of aromatic amines is 1. The highest BCUT2D eigenvalue weighted by Gasteiger charge is 2.22. The predicted octanol–water partition coefficient (Wildman–Crippen LogP) is 6.20. The number of para-hydroxylation sites is 1. The largest absolute Gasteiger partial charge is 0.480 e. The number of carbonyl (C=O) groups excluding carboxylic acids is 1. The monoisotopic (exact) mass is 474 g/mol. The molecule has 5 aromatic carbocycles. The lowest BCUT2D eigenvalue weighted by molar-refractivity contribution is -0.141. The summed E-state index contributed by atoms with van der Waals surface area (Å²) in [7, 11) is 0. The number of carboxylic acid groups (broad SMARTS) is 1. The van der Waals surface area contributed by atoms with Gasteiger partial charge in [-0.2, -0.15) is 0 Å². The molecule has 1 aromatic heterocycles. The van der Waals surface area contributed by atoms with Crippen molar-refractivity contribution in [1.82, 2.24) is 10.3 Å². The van der Waals surface area contributed by atoms with Gasteiger partial charge in [0.15, 0.2) is 0 Å². The summed E-state index contributed by atoms with van der Waals surface area (Å²) in [5.74, 6) is -1.26. The van der Waals surface area contributed by atoms with Crippen LogP contribution < -0.4 is 5.32 Å². The molecule has 1 atom stereocenters. The van der Waals surface area contributed by atoms with E-state index in [1.54, 1.807) is 0 Å². The number of hydrogen-bond donors (Lipinski definition) is 3. The molecule has 5 nitrogen and oxygen atoms in total. The van der Waals surface area contributed by atoms with Crippen LogP contribution in [0, 0.1) is 0 Å². The average Bonchev–Trinajstić information content (AvgIpc) is 3.30. The predicted molar refractivity (Wildman–Crippen MR) is 145 cm³/mol. The number of rotatable bonds is 8. The van der Waals surface area contributed by atoms with E-state index in [2.05, 4.69) is 64.9 Å². The summed E-state index contributed by atoms with van der Waals surface area (Å²) in [5.41, 5.74) is 3.05. The molecule has 0 aliphatic carbocycles. The van der Waals surface area contributed by atoms with Crippen LogP contribution in [0.1, 0.15) is 24.0 Å². The molecule has 0 aliphatic rings. The first kappa shape index (κ1) is 22.1. The highest BCUT2D eigenvalue weighted by molar-refractivity contribution is 6.23. The first-order chi connectivity index (χ1) is 17.6. The van der Waals surface area contributed by atoms with E-state index >= 15 is 0 Å². The Morgan fingerprint density at radius 1 is 0.778 bits per heavy atom. The Morgan fingerprint density at radius 2 is 1.50 bits per heavy atom. The summed E-state index contributed by atoms with van der Waals surface area (Å²) in [4.78, 5) is 27.7. The summed E-state index contributed by atoms with van der Waals surface area (Å²) in [6, 6.07) is 26.2. The Morgan fingerprint density at radius 3 is 2.31 bits per heavy atom. The third-order valence-corrected chi connectivity index (χ3v) is 7.20. The lowest BCUT2D eigenvalue weighted by atomic mass is 9.90. The quantitative estimate of drug-likeness (QED) is 0.230. The van der Waals surface area contributed by atoms with Gasteiger partial charge in [-0.25, -0.2) is 4.79 Å². The van der Waals surface area contributed by atoms with Crippen LogP contribution in [0.3, 0.4) is 0 Å². The summed E-state index contributed by atoms with van der Waals surface area (Å²) < 4.78 is 0. The lowest BCUT2D eigenvalue weighted by Gasteiger charge is -2.15. The van der Waals surface area contributed by atoms with Crippen LogP contribution in [0.4, 0.5) is 0 Å². The molecule has 0 saturated heterocycles. The minimum atomic E-state index is -1.03. The number of fused-ring (bicyclic) bond motifs is 1. The van der Waals surface area contributed by atoms with Crippen molar-refractivity contribution in [3.63, 3.8) is 0 Å². The highest BCUT2D eigenvalue weighted by atomic mass is 16.4. The molecule has 0 radical (unpaired) electrons. The van der Waals surface area contributed by atoms with Crippen molar-refractivity contribution in [2.24, 2.45) is 0 Å². The molecule has 6 aromatic rings. The van der Waals surface area contributed by atoms with Gasteiger partial charge in [-0.15, -0.1) is 0 Å². The molecule has 1 amide bonds. The van der Waals surface area contributed by atoms with Crippen molar-refractivity contribution in [2.45, 2.75) is 31.7 Å². The number of carboxylic acids is 1. The molecule has 0 fully saturated rings. The fourth-order valence-electron chi connectivity index (χ4n) is 5.44. The smallest absolute Gasteiger partial charge is 0.326 e. The van der Waals surface area contributed by atoms with E-state index in [1.807, 2.05) is 30.5 Å². The molecule has 1 unspecified atom stereocenters. The number of aliphatic carboxylic acids is 1. The molecule has 36 heavy (non-hydrogen) atoms. The van der Waals surface area contributed by atoms with E-state index in [0.717, 1.165) is 22.9 Å². The molecule has 0 bridgehead atoms. The zero-order chi connectivity index (χ0) is 24.6. The summed E-state index contributed by atoms with van der Waals surface area (Å²) in [6.07, 6.45) is 3.73. The molecular weight excluding hydrogens is 448 g/mol. The summed E-state index contributed by atoms with van der Waals surface area (Å²) in [5, 5.41) is 20.9. The second-order valence-electron chi connectivity index (χ2n) is 9.46. The van der Waals surface area contributed by atoms with Crippen molar-refractivity contribution in [3.8, 4) is 0 Å². The zero-order valence-corrected chi connectivity index (χ0v) is 19.8. The molecule has 0 spiro atoms. The Balaban J connectivity index is 1.15. The third kappa shape index (κ3) is 3.93. The number of nitrogens with one attached hydrogen (secondary N) is 2. The van der Waals surface area contributed by atoms with E-state index in [0.29, 0.717) is 6.42 Å². The maximum Gasteiger partial charge on any atom is 0.326 e. The van der Waals surface area contributed by atoms with Gasteiger partial charge in [0, 0.05) is 29.9 Å². The fraction of sp³-hybridized carbons (Fsp3) is 0.161. The van der Waals surface area contributed by atoms with Gasteiger partial charge in [-0.05, 0) is 62.4 Å². The molecule has 0 aliphatic heterocycles. The van der Waals surface area contributed by atoms with E-state index in [4.69, 9.17) is 0 Å². The van der Waals surface area contributed by atoms with Gasteiger partial charge in [0.2, 0.25) is 5.91 Å². The minimum absolute atomic E-state index is 0.236. The maximum atomic E-state index is 12.7. The van der Waals surface area contributed by atoms with E-state index in [1.165, 1.54) is 37.9 Å². The number of carbonyl (C=O) groups is 2. The third-order valence-electron chi connectivity index (χ3n) is 7.20. The Labute approximate surface area is 208 Å². The number of hydrogen-bond acceptors (Lipinski definition) is 2. The minimum Gasteiger partial charge on any atom is -0.480 e.